The number of carbonyl (C=O) groups excluding carboxylic acids is 1. The van der Waals surface area contributed by atoms with E-state index in [4.69, 9.17) is 4.74 Å². The molecule has 2 rings (SSSR count). The van der Waals surface area contributed by atoms with Crippen LogP contribution in [0, 0.1) is 0 Å². The lowest BCUT2D eigenvalue weighted by atomic mass is 10.3. The van der Waals surface area contributed by atoms with Gasteiger partial charge in [0, 0.05) is 0 Å². The largest absolute Gasteiger partial charge is 0.461 e. The van der Waals surface area contributed by atoms with Gasteiger partial charge in [-0.25, -0.2) is 4.79 Å². The van der Waals surface area contributed by atoms with E-state index in [0.29, 0.717) is 0 Å². The van der Waals surface area contributed by atoms with E-state index in [-0.39, 0.29) is 12.3 Å². The van der Waals surface area contributed by atoms with Gasteiger partial charge in [0.1, 0.15) is 0 Å². The summed E-state index contributed by atoms with van der Waals surface area (Å²) >= 11 is 0. The van der Waals surface area contributed by atoms with Crippen molar-refractivity contribution in [2.24, 2.45) is 10.2 Å². The van der Waals surface area contributed by atoms with E-state index in [1.165, 1.54) is 6.21 Å². The van der Waals surface area contributed by atoms with Crippen LogP contribution in [0.2, 0.25) is 0 Å². The second-order valence-corrected chi connectivity index (χ2v) is 4.43. The Balaban J connectivity index is 2.06. The Morgan fingerprint density at radius 2 is 1.57 bits per heavy atom. The van der Waals surface area contributed by atoms with Gasteiger partial charge in [-0.2, -0.15) is 10.2 Å². The summed E-state index contributed by atoms with van der Waals surface area (Å²) < 4.78 is 4.97. The first kappa shape index (κ1) is 16.2. The number of hydrogen-bond donors (Lipinski definition) is 2. The minimum atomic E-state index is -0.547. The van der Waals surface area contributed by atoms with Crippen LogP contribution in [0.3, 0.4) is 0 Å². The summed E-state index contributed by atoms with van der Waals surface area (Å²) in [4.78, 5) is 11.9. The number of hydrazone groups is 2. The Hall–Kier alpha value is -3.15. The maximum Gasteiger partial charge on any atom is 0.360 e. The minimum Gasteiger partial charge on any atom is -0.461 e. The van der Waals surface area contributed by atoms with Crippen LogP contribution in [0.5, 0.6) is 0 Å². The second-order valence-electron chi connectivity index (χ2n) is 4.43. The third kappa shape index (κ3) is 5.62. The van der Waals surface area contributed by atoms with E-state index in [9.17, 15) is 4.79 Å². The van der Waals surface area contributed by atoms with Crippen LogP contribution in [-0.2, 0) is 9.53 Å². The van der Waals surface area contributed by atoms with E-state index in [1.54, 1.807) is 6.92 Å². The molecule has 0 atom stereocenters. The molecule has 0 spiro atoms. The van der Waals surface area contributed by atoms with Gasteiger partial charge in [-0.05, 0) is 31.2 Å². The van der Waals surface area contributed by atoms with Crippen molar-refractivity contribution >= 4 is 29.3 Å². The van der Waals surface area contributed by atoms with Gasteiger partial charge >= 0.3 is 5.97 Å². The van der Waals surface area contributed by atoms with E-state index in [1.807, 2.05) is 60.7 Å². The van der Waals surface area contributed by atoms with Gasteiger partial charge < -0.3 is 4.74 Å². The fraction of sp³-hybridized carbons (Fsp3) is 0.118. The van der Waals surface area contributed by atoms with Gasteiger partial charge in [0.05, 0.1) is 24.2 Å². The molecule has 0 amide bonds. The third-order valence-corrected chi connectivity index (χ3v) is 2.72. The molecule has 0 unspecified atom stereocenters. The standard InChI is InChI=1S/C17H18N4O2/c1-2-23-17(22)16(21-20-15-11-7-4-8-12-15)13-18-19-14-9-5-3-6-10-14/h3-13,19-20H,2H2,1H3/b18-13+,21-16+. The average molecular weight is 310 g/mol. The number of benzene rings is 2. The molecule has 0 saturated carbocycles. The van der Waals surface area contributed by atoms with E-state index >= 15 is 0 Å². The van der Waals surface area contributed by atoms with Crippen molar-refractivity contribution in [2.45, 2.75) is 6.92 Å². The molecule has 0 aliphatic carbocycles. The molecule has 0 fully saturated rings. The molecule has 2 N–H and O–H groups in total. The molecular formula is C17H18N4O2. The molecule has 0 aromatic heterocycles. The number of ether oxygens (including phenoxy) is 1. The van der Waals surface area contributed by atoms with Crippen molar-refractivity contribution in [2.75, 3.05) is 17.5 Å². The van der Waals surface area contributed by atoms with E-state index < -0.39 is 5.97 Å². The predicted molar refractivity (Wildman–Crippen MR) is 92.7 cm³/mol. The first-order valence-corrected chi connectivity index (χ1v) is 7.19. The molecule has 23 heavy (non-hydrogen) atoms. The van der Waals surface area contributed by atoms with Crippen LogP contribution in [0.4, 0.5) is 11.4 Å². The molecule has 0 bridgehead atoms. The predicted octanol–water partition coefficient (Wildman–Crippen LogP) is 3.12. The summed E-state index contributed by atoms with van der Waals surface area (Å²) in [6.07, 6.45) is 1.32. The topological polar surface area (TPSA) is 75.1 Å². The van der Waals surface area contributed by atoms with Gasteiger partial charge in [-0.15, -0.1) is 0 Å². The molecule has 118 valence electrons. The van der Waals surface area contributed by atoms with Crippen molar-refractivity contribution in [3.05, 3.63) is 60.7 Å². The van der Waals surface area contributed by atoms with Crippen LogP contribution in [0.1, 0.15) is 6.92 Å². The number of nitrogens with zero attached hydrogens (tertiary/aromatic N) is 2. The minimum absolute atomic E-state index is 0.0686. The van der Waals surface area contributed by atoms with Gasteiger partial charge in [0.25, 0.3) is 0 Å². The molecule has 0 saturated heterocycles. The summed E-state index contributed by atoms with van der Waals surface area (Å²) in [5, 5.41) is 8.06. The summed E-state index contributed by atoms with van der Waals surface area (Å²) in [5.41, 5.74) is 7.26. The van der Waals surface area contributed by atoms with Gasteiger partial charge in [0.15, 0.2) is 5.71 Å². The number of rotatable bonds is 7. The molecule has 6 heteroatoms. The van der Waals surface area contributed by atoms with Gasteiger partial charge in [-0.1, -0.05) is 36.4 Å². The van der Waals surface area contributed by atoms with E-state index in [2.05, 4.69) is 21.1 Å². The average Bonchev–Trinajstić information content (AvgIpc) is 2.60. The molecule has 0 radical (unpaired) electrons. The Labute approximate surface area is 134 Å². The summed E-state index contributed by atoms with van der Waals surface area (Å²) in [5.74, 6) is -0.547. The Morgan fingerprint density at radius 1 is 1.00 bits per heavy atom. The summed E-state index contributed by atoms with van der Waals surface area (Å²) in [6.45, 7) is 2.00. The Morgan fingerprint density at radius 3 is 2.13 bits per heavy atom. The second kappa shape index (κ2) is 8.99. The lowest BCUT2D eigenvalue weighted by Crippen LogP contribution is -2.20. The SMILES string of the molecule is CCOC(=O)C(/C=N/Nc1ccccc1)=N/Nc1ccccc1. The number of carbonyl (C=O) groups is 1. The maximum atomic E-state index is 11.9. The quantitative estimate of drug-likeness (QED) is 0.468. The smallest absolute Gasteiger partial charge is 0.360 e. The molecule has 0 aliphatic heterocycles. The van der Waals surface area contributed by atoms with Crippen LogP contribution in [0.15, 0.2) is 70.9 Å². The zero-order chi connectivity index (χ0) is 16.3. The summed E-state index contributed by atoms with van der Waals surface area (Å²) in [6, 6.07) is 18.7. The number of nitrogens with one attached hydrogen (secondary N) is 2. The monoisotopic (exact) mass is 310 g/mol. The van der Waals surface area contributed by atoms with Gasteiger partial charge in [-0.3, -0.25) is 10.9 Å². The molecule has 6 nitrogen and oxygen atoms in total. The zero-order valence-electron chi connectivity index (χ0n) is 12.8. The Kier molecular flexibility index (Phi) is 6.34. The van der Waals surface area contributed by atoms with Crippen molar-refractivity contribution in [3.63, 3.8) is 0 Å². The lowest BCUT2D eigenvalue weighted by molar-refractivity contribution is -0.134. The van der Waals surface area contributed by atoms with E-state index in [0.717, 1.165) is 11.4 Å². The Bertz CT molecular complexity index is 670. The fourth-order valence-electron chi connectivity index (χ4n) is 1.65. The number of anilines is 2. The van der Waals surface area contributed by atoms with Crippen molar-refractivity contribution < 1.29 is 9.53 Å². The van der Waals surface area contributed by atoms with Gasteiger partial charge in [0.2, 0.25) is 0 Å². The molecule has 2 aromatic rings. The normalized spacial score (nSPS) is 11.3. The van der Waals surface area contributed by atoms with Crippen LogP contribution < -0.4 is 10.9 Å². The first-order chi connectivity index (χ1) is 11.3. The lowest BCUT2D eigenvalue weighted by Gasteiger charge is -2.04. The van der Waals surface area contributed by atoms with Crippen LogP contribution in [0.25, 0.3) is 0 Å². The molecular weight excluding hydrogens is 292 g/mol. The van der Waals surface area contributed by atoms with Crippen LogP contribution >= 0.6 is 0 Å². The maximum absolute atomic E-state index is 11.9. The highest BCUT2D eigenvalue weighted by molar-refractivity contribution is 6.59. The summed E-state index contributed by atoms with van der Waals surface area (Å²) in [7, 11) is 0. The zero-order valence-corrected chi connectivity index (χ0v) is 12.8. The fourth-order valence-corrected chi connectivity index (χ4v) is 1.65. The molecule has 0 heterocycles. The number of hydrogen-bond acceptors (Lipinski definition) is 6. The van der Waals surface area contributed by atoms with Crippen molar-refractivity contribution in [1.29, 1.82) is 0 Å². The number of esters is 1. The third-order valence-electron chi connectivity index (χ3n) is 2.72. The highest BCUT2D eigenvalue weighted by Gasteiger charge is 2.10. The highest BCUT2D eigenvalue weighted by atomic mass is 16.5. The van der Waals surface area contributed by atoms with Crippen LogP contribution in [-0.4, -0.2) is 24.5 Å². The number of para-hydroxylation sites is 2. The first-order valence-electron chi connectivity index (χ1n) is 7.19. The molecule has 2 aromatic carbocycles. The van der Waals surface area contributed by atoms with Crippen molar-refractivity contribution in [1.82, 2.24) is 0 Å². The highest BCUT2D eigenvalue weighted by Crippen LogP contribution is 2.05. The van der Waals surface area contributed by atoms with Crippen molar-refractivity contribution in [3.8, 4) is 0 Å². The molecule has 0 aliphatic rings.